The Morgan fingerprint density at radius 3 is 2.47 bits per heavy atom. The van der Waals surface area contributed by atoms with Crippen LogP contribution in [0.3, 0.4) is 0 Å². The zero-order valence-corrected chi connectivity index (χ0v) is 17.6. The van der Waals surface area contributed by atoms with Gasteiger partial charge in [-0.15, -0.1) is 0 Å². The summed E-state index contributed by atoms with van der Waals surface area (Å²) in [6.07, 6.45) is 0.898. The highest BCUT2D eigenvalue weighted by molar-refractivity contribution is 5.66. The van der Waals surface area contributed by atoms with Gasteiger partial charge in [0.2, 0.25) is 0 Å². The first-order valence-electron chi connectivity index (χ1n) is 10.1. The van der Waals surface area contributed by atoms with Crippen LogP contribution in [-0.2, 0) is 30.2 Å². The number of aryl methyl sites for hydroxylation is 1. The van der Waals surface area contributed by atoms with E-state index in [-0.39, 0.29) is 42.6 Å². The van der Waals surface area contributed by atoms with Crippen LogP contribution in [-0.4, -0.2) is 35.9 Å². The fourth-order valence-corrected chi connectivity index (χ4v) is 3.75. The second-order valence-electron chi connectivity index (χ2n) is 7.78. The number of hydrogen-bond acceptors (Lipinski definition) is 6. The van der Waals surface area contributed by atoms with E-state index < -0.39 is 0 Å². The number of carbonyl (C=O) groups is 2. The smallest absolute Gasteiger partial charge is 0.302 e. The summed E-state index contributed by atoms with van der Waals surface area (Å²) < 4.78 is 16.8. The average Bonchev–Trinajstić information content (AvgIpc) is 2.69. The van der Waals surface area contributed by atoms with Crippen LogP contribution in [0.15, 0.2) is 42.5 Å². The van der Waals surface area contributed by atoms with Gasteiger partial charge < -0.3 is 19.3 Å². The van der Waals surface area contributed by atoms with E-state index in [4.69, 9.17) is 14.2 Å². The molecule has 1 unspecified atom stereocenters. The standard InChI is InChI=1S/C24H28O6/c1-15-4-7-19(11-20(15)10-18-5-8-21(27)9-6-18)24-13-22(29-17(3)26)12-23(30-24)14-28-16(2)25/h4-9,11,22-24,27H,10,12-14H2,1-3H3/t22?,23-,24+/m0/s1. The molecular formula is C24H28O6. The Hall–Kier alpha value is -2.86. The largest absolute Gasteiger partial charge is 0.508 e. The minimum Gasteiger partial charge on any atom is -0.508 e. The number of esters is 2. The summed E-state index contributed by atoms with van der Waals surface area (Å²) in [7, 11) is 0. The van der Waals surface area contributed by atoms with E-state index in [0.29, 0.717) is 12.8 Å². The number of rotatable bonds is 6. The van der Waals surface area contributed by atoms with Crippen molar-refractivity contribution < 1.29 is 28.9 Å². The van der Waals surface area contributed by atoms with E-state index in [1.54, 1.807) is 12.1 Å². The van der Waals surface area contributed by atoms with Crippen LogP contribution in [0.5, 0.6) is 5.75 Å². The maximum absolute atomic E-state index is 11.5. The number of phenols is 1. The van der Waals surface area contributed by atoms with E-state index in [2.05, 4.69) is 19.1 Å². The minimum atomic E-state index is -0.365. The van der Waals surface area contributed by atoms with Gasteiger partial charge in [0.15, 0.2) is 0 Å². The van der Waals surface area contributed by atoms with Gasteiger partial charge in [0, 0.05) is 26.7 Å². The highest BCUT2D eigenvalue weighted by Crippen LogP contribution is 2.34. The lowest BCUT2D eigenvalue weighted by atomic mass is 9.92. The molecule has 3 atom stereocenters. The van der Waals surface area contributed by atoms with Crippen molar-refractivity contribution in [3.05, 3.63) is 64.7 Å². The molecule has 1 heterocycles. The highest BCUT2D eigenvalue weighted by atomic mass is 16.6. The number of phenolic OH excluding ortho intramolecular Hbond substituents is 1. The van der Waals surface area contributed by atoms with E-state index in [0.717, 1.165) is 28.7 Å². The molecule has 2 aromatic carbocycles. The number of hydrogen-bond donors (Lipinski definition) is 1. The van der Waals surface area contributed by atoms with Crippen LogP contribution in [0.25, 0.3) is 0 Å². The lowest BCUT2D eigenvalue weighted by molar-refractivity contribution is -0.169. The molecule has 30 heavy (non-hydrogen) atoms. The van der Waals surface area contributed by atoms with Crippen molar-refractivity contribution >= 4 is 11.9 Å². The van der Waals surface area contributed by atoms with Gasteiger partial charge in [0.25, 0.3) is 0 Å². The van der Waals surface area contributed by atoms with Gasteiger partial charge in [-0.05, 0) is 47.7 Å². The maximum Gasteiger partial charge on any atom is 0.302 e. The number of carbonyl (C=O) groups excluding carboxylic acids is 2. The van der Waals surface area contributed by atoms with E-state index >= 15 is 0 Å². The van der Waals surface area contributed by atoms with Crippen LogP contribution in [0.1, 0.15) is 55.0 Å². The molecule has 0 aliphatic carbocycles. The molecule has 0 amide bonds. The molecule has 0 spiro atoms. The number of aromatic hydroxyl groups is 1. The molecule has 1 saturated heterocycles. The summed E-state index contributed by atoms with van der Waals surface area (Å²) in [5.41, 5.74) is 4.42. The first kappa shape index (κ1) is 21.8. The third-order valence-electron chi connectivity index (χ3n) is 5.24. The Morgan fingerprint density at radius 2 is 1.80 bits per heavy atom. The van der Waals surface area contributed by atoms with Crippen LogP contribution < -0.4 is 0 Å². The molecule has 0 saturated carbocycles. The van der Waals surface area contributed by atoms with Gasteiger partial charge in [-0.25, -0.2) is 0 Å². The Morgan fingerprint density at radius 1 is 1.07 bits per heavy atom. The Labute approximate surface area is 176 Å². The number of ether oxygens (including phenoxy) is 3. The summed E-state index contributed by atoms with van der Waals surface area (Å²) in [5, 5.41) is 9.50. The fourth-order valence-electron chi connectivity index (χ4n) is 3.75. The fraction of sp³-hybridized carbons (Fsp3) is 0.417. The molecule has 6 nitrogen and oxygen atoms in total. The van der Waals surface area contributed by atoms with Crippen molar-refractivity contribution in [2.75, 3.05) is 6.61 Å². The molecule has 0 radical (unpaired) electrons. The monoisotopic (exact) mass is 412 g/mol. The third kappa shape index (κ3) is 6.07. The van der Waals surface area contributed by atoms with Crippen LogP contribution in [0, 0.1) is 6.92 Å². The van der Waals surface area contributed by atoms with Crippen molar-refractivity contribution in [2.24, 2.45) is 0 Å². The minimum absolute atomic E-state index is 0.135. The predicted molar refractivity (Wildman–Crippen MR) is 111 cm³/mol. The van der Waals surface area contributed by atoms with Gasteiger partial charge in [0.1, 0.15) is 18.5 Å². The molecule has 6 heteroatoms. The molecule has 1 fully saturated rings. The zero-order chi connectivity index (χ0) is 21.7. The van der Waals surface area contributed by atoms with Crippen molar-refractivity contribution in [3.63, 3.8) is 0 Å². The van der Waals surface area contributed by atoms with Gasteiger partial charge in [-0.1, -0.05) is 30.3 Å². The lowest BCUT2D eigenvalue weighted by Crippen LogP contribution is -2.36. The van der Waals surface area contributed by atoms with Crippen LogP contribution in [0.4, 0.5) is 0 Å². The second-order valence-corrected chi connectivity index (χ2v) is 7.78. The number of benzene rings is 2. The summed E-state index contributed by atoms with van der Waals surface area (Å²) >= 11 is 0. The molecule has 0 aromatic heterocycles. The predicted octanol–water partition coefficient (Wildman–Crippen LogP) is 4.01. The lowest BCUT2D eigenvalue weighted by Gasteiger charge is -2.35. The van der Waals surface area contributed by atoms with Crippen molar-refractivity contribution in [1.82, 2.24) is 0 Å². The normalized spacial score (nSPS) is 21.1. The maximum atomic E-state index is 11.5. The molecule has 0 bridgehead atoms. The Bertz CT molecular complexity index is 889. The van der Waals surface area contributed by atoms with Crippen molar-refractivity contribution in [2.45, 2.75) is 58.3 Å². The first-order valence-corrected chi connectivity index (χ1v) is 10.1. The summed E-state index contributed by atoms with van der Waals surface area (Å²) in [5.74, 6) is -0.449. The van der Waals surface area contributed by atoms with Gasteiger partial charge in [-0.3, -0.25) is 9.59 Å². The first-order chi connectivity index (χ1) is 14.3. The second kappa shape index (κ2) is 9.76. The quantitative estimate of drug-likeness (QED) is 0.722. The summed E-state index contributed by atoms with van der Waals surface area (Å²) in [6, 6.07) is 13.4. The van der Waals surface area contributed by atoms with E-state index in [1.807, 2.05) is 18.2 Å². The van der Waals surface area contributed by atoms with Gasteiger partial charge >= 0.3 is 11.9 Å². The molecular weight excluding hydrogens is 384 g/mol. The van der Waals surface area contributed by atoms with Gasteiger partial charge in [-0.2, -0.15) is 0 Å². The molecule has 2 aromatic rings. The SMILES string of the molecule is CC(=O)OC[C@@H]1CC(OC(C)=O)C[C@H](c2ccc(C)c(Cc3ccc(O)cc3)c2)O1. The van der Waals surface area contributed by atoms with Gasteiger partial charge in [0.05, 0.1) is 12.2 Å². The molecule has 1 aliphatic heterocycles. The summed E-state index contributed by atoms with van der Waals surface area (Å²) in [4.78, 5) is 22.7. The van der Waals surface area contributed by atoms with Crippen LogP contribution in [0.2, 0.25) is 0 Å². The zero-order valence-electron chi connectivity index (χ0n) is 17.6. The molecule has 3 rings (SSSR count). The topological polar surface area (TPSA) is 82.1 Å². The summed E-state index contributed by atoms with van der Waals surface area (Å²) in [6.45, 7) is 4.95. The van der Waals surface area contributed by atoms with Crippen LogP contribution >= 0.6 is 0 Å². The van der Waals surface area contributed by atoms with Crippen molar-refractivity contribution in [3.8, 4) is 5.75 Å². The Balaban J connectivity index is 1.79. The highest BCUT2D eigenvalue weighted by Gasteiger charge is 2.33. The molecule has 160 valence electrons. The van der Waals surface area contributed by atoms with Crippen molar-refractivity contribution in [1.29, 1.82) is 0 Å². The molecule has 1 aliphatic rings. The van der Waals surface area contributed by atoms with E-state index in [9.17, 15) is 14.7 Å². The van der Waals surface area contributed by atoms with E-state index in [1.165, 1.54) is 13.8 Å². The third-order valence-corrected chi connectivity index (χ3v) is 5.24. The Kier molecular flexibility index (Phi) is 7.11. The average molecular weight is 412 g/mol. The molecule has 1 N–H and O–H groups in total.